The number of hydrogen-bond acceptors (Lipinski definition) is 4. The van der Waals surface area contributed by atoms with Crippen LogP contribution < -0.4 is 10.2 Å². The highest BCUT2D eigenvalue weighted by Crippen LogP contribution is 2.39. The number of carbonyl (C=O) groups is 1. The number of nitriles is 1. The van der Waals surface area contributed by atoms with E-state index in [9.17, 15) is 9.90 Å². The Hall–Kier alpha value is -1.58. The third-order valence-corrected chi connectivity index (χ3v) is 3.98. The highest BCUT2D eigenvalue weighted by atomic mass is 79.9. The Morgan fingerprint density at radius 1 is 1.63 bits per heavy atom. The molecular weight excluding hydrogens is 310 g/mol. The van der Waals surface area contributed by atoms with Gasteiger partial charge in [-0.2, -0.15) is 5.26 Å². The van der Waals surface area contributed by atoms with Gasteiger partial charge in [-0.15, -0.1) is 0 Å². The van der Waals surface area contributed by atoms with Crippen LogP contribution >= 0.6 is 15.9 Å². The molecule has 2 N–H and O–H groups in total. The van der Waals surface area contributed by atoms with Crippen molar-refractivity contribution in [1.82, 2.24) is 0 Å². The fourth-order valence-electron chi connectivity index (χ4n) is 2.03. The van der Waals surface area contributed by atoms with Crippen LogP contribution in [0.3, 0.4) is 0 Å². The number of aliphatic hydroxyl groups excluding tert-OH is 1. The maximum absolute atomic E-state index is 11.4. The summed E-state index contributed by atoms with van der Waals surface area (Å²) in [6, 6.07) is 5.74. The van der Waals surface area contributed by atoms with Crippen LogP contribution in [-0.2, 0) is 4.79 Å². The minimum absolute atomic E-state index is 0.0568. The van der Waals surface area contributed by atoms with Crippen molar-refractivity contribution in [2.75, 3.05) is 17.3 Å². The van der Waals surface area contributed by atoms with Gasteiger partial charge in [0, 0.05) is 28.8 Å². The number of halogens is 1. The van der Waals surface area contributed by atoms with Gasteiger partial charge in [0.2, 0.25) is 0 Å². The molecule has 2 rings (SSSR count). The molecule has 2 atom stereocenters. The van der Waals surface area contributed by atoms with E-state index in [0.29, 0.717) is 17.7 Å². The topological polar surface area (TPSA) is 76.4 Å². The standard InChI is InChI=1S/C13H14BrN3O2/c1-7(3-4-15)17(2)11-6-10-8(5-9(11)14)12(18)13(19)16-10/h5-7,12,18H,3H2,1-2H3,(H,16,19). The first-order chi connectivity index (χ1) is 8.95. The first-order valence-corrected chi connectivity index (χ1v) is 6.67. The van der Waals surface area contributed by atoms with Crippen molar-refractivity contribution in [3.05, 3.63) is 22.2 Å². The SMILES string of the molecule is CC(CC#N)N(C)c1cc2c(cc1Br)C(O)C(=O)N2. The Morgan fingerprint density at radius 3 is 2.95 bits per heavy atom. The van der Waals surface area contributed by atoms with Crippen LogP contribution in [0.1, 0.15) is 25.0 Å². The highest BCUT2D eigenvalue weighted by Gasteiger charge is 2.30. The van der Waals surface area contributed by atoms with Gasteiger partial charge in [-0.1, -0.05) is 0 Å². The molecule has 1 heterocycles. The number of fused-ring (bicyclic) bond motifs is 1. The Bertz CT molecular complexity index is 568. The molecule has 1 amide bonds. The molecule has 1 aliphatic rings. The van der Waals surface area contributed by atoms with Crippen LogP contribution in [0.4, 0.5) is 11.4 Å². The molecule has 0 saturated heterocycles. The number of anilines is 2. The molecule has 6 heteroatoms. The summed E-state index contributed by atoms with van der Waals surface area (Å²) in [5.41, 5.74) is 2.06. The molecule has 0 radical (unpaired) electrons. The van der Waals surface area contributed by atoms with E-state index in [1.54, 1.807) is 12.1 Å². The smallest absolute Gasteiger partial charge is 0.257 e. The molecule has 5 nitrogen and oxygen atoms in total. The lowest BCUT2D eigenvalue weighted by molar-refractivity contribution is -0.123. The normalized spacial score (nSPS) is 18.5. The molecule has 0 aliphatic carbocycles. The zero-order chi connectivity index (χ0) is 14.2. The summed E-state index contributed by atoms with van der Waals surface area (Å²) in [6.45, 7) is 1.95. The number of amides is 1. The molecule has 0 spiro atoms. The summed E-state index contributed by atoms with van der Waals surface area (Å²) < 4.78 is 0.786. The molecule has 0 bridgehead atoms. The van der Waals surface area contributed by atoms with Gasteiger partial charge < -0.3 is 15.3 Å². The summed E-state index contributed by atoms with van der Waals surface area (Å²) >= 11 is 3.44. The van der Waals surface area contributed by atoms with E-state index in [4.69, 9.17) is 5.26 Å². The van der Waals surface area contributed by atoms with E-state index < -0.39 is 12.0 Å². The summed E-state index contributed by atoms with van der Waals surface area (Å²) in [5, 5.41) is 21.1. The van der Waals surface area contributed by atoms with Crippen LogP contribution in [0, 0.1) is 11.3 Å². The highest BCUT2D eigenvalue weighted by molar-refractivity contribution is 9.10. The Morgan fingerprint density at radius 2 is 2.32 bits per heavy atom. The molecule has 1 aliphatic heterocycles. The summed E-state index contributed by atoms with van der Waals surface area (Å²) in [4.78, 5) is 13.4. The molecule has 19 heavy (non-hydrogen) atoms. The molecule has 0 saturated carbocycles. The molecular formula is C13H14BrN3O2. The van der Waals surface area contributed by atoms with Crippen molar-refractivity contribution in [3.63, 3.8) is 0 Å². The second-order valence-electron chi connectivity index (χ2n) is 4.60. The fraction of sp³-hybridized carbons (Fsp3) is 0.385. The van der Waals surface area contributed by atoms with E-state index in [-0.39, 0.29) is 6.04 Å². The Kier molecular flexibility index (Phi) is 3.78. The lowest BCUT2D eigenvalue weighted by atomic mass is 10.1. The average molecular weight is 324 g/mol. The van der Waals surface area contributed by atoms with Gasteiger partial charge in [0.25, 0.3) is 5.91 Å². The second kappa shape index (κ2) is 5.19. The number of hydrogen-bond donors (Lipinski definition) is 2. The zero-order valence-electron chi connectivity index (χ0n) is 10.6. The van der Waals surface area contributed by atoms with Crippen LogP contribution in [0.5, 0.6) is 0 Å². The average Bonchev–Trinajstić information content (AvgIpc) is 2.64. The van der Waals surface area contributed by atoms with Gasteiger partial charge in [-0.05, 0) is 35.0 Å². The first kappa shape index (κ1) is 13.8. The van der Waals surface area contributed by atoms with Crippen LogP contribution in [0.15, 0.2) is 16.6 Å². The number of benzene rings is 1. The summed E-state index contributed by atoms with van der Waals surface area (Å²) in [6.07, 6.45) is -0.697. The molecule has 2 unspecified atom stereocenters. The van der Waals surface area contributed by atoms with Crippen LogP contribution in [0.2, 0.25) is 0 Å². The molecule has 1 aromatic carbocycles. The first-order valence-electron chi connectivity index (χ1n) is 5.88. The van der Waals surface area contributed by atoms with Crippen molar-refractivity contribution in [2.45, 2.75) is 25.5 Å². The predicted octanol–water partition coefficient (Wildman–Crippen LogP) is 2.17. The molecule has 1 aromatic rings. The minimum Gasteiger partial charge on any atom is -0.378 e. The van der Waals surface area contributed by atoms with Gasteiger partial charge in [-0.25, -0.2) is 0 Å². The molecule has 0 aromatic heterocycles. The largest absolute Gasteiger partial charge is 0.378 e. The lowest BCUT2D eigenvalue weighted by Gasteiger charge is -2.27. The van der Waals surface area contributed by atoms with Crippen molar-refractivity contribution in [2.24, 2.45) is 0 Å². The maximum Gasteiger partial charge on any atom is 0.257 e. The number of nitrogens with one attached hydrogen (secondary N) is 1. The van der Waals surface area contributed by atoms with Crippen LogP contribution in [0.25, 0.3) is 0 Å². The molecule has 100 valence electrons. The number of aliphatic hydroxyl groups is 1. The second-order valence-corrected chi connectivity index (χ2v) is 5.46. The van der Waals surface area contributed by atoms with Gasteiger partial charge in [0.15, 0.2) is 6.10 Å². The van der Waals surface area contributed by atoms with E-state index >= 15 is 0 Å². The van der Waals surface area contributed by atoms with E-state index in [0.717, 1.165) is 10.2 Å². The van der Waals surface area contributed by atoms with Crippen molar-refractivity contribution < 1.29 is 9.90 Å². The maximum atomic E-state index is 11.4. The van der Waals surface area contributed by atoms with Gasteiger partial charge >= 0.3 is 0 Å². The third-order valence-electron chi connectivity index (χ3n) is 3.35. The number of nitrogens with zero attached hydrogens (tertiary/aromatic N) is 2. The Labute approximate surface area is 120 Å². The van der Waals surface area contributed by atoms with Gasteiger partial charge in [0.1, 0.15) is 0 Å². The Balaban J connectivity index is 2.37. The third kappa shape index (κ3) is 2.44. The summed E-state index contributed by atoms with van der Waals surface area (Å²) in [7, 11) is 1.89. The zero-order valence-corrected chi connectivity index (χ0v) is 12.2. The van der Waals surface area contributed by atoms with Gasteiger partial charge in [-0.3, -0.25) is 4.79 Å². The molecule has 0 fully saturated rings. The van der Waals surface area contributed by atoms with Crippen molar-refractivity contribution in [1.29, 1.82) is 5.26 Å². The number of carbonyl (C=O) groups excluding carboxylic acids is 1. The van der Waals surface area contributed by atoms with Crippen LogP contribution in [-0.4, -0.2) is 24.1 Å². The minimum atomic E-state index is -1.11. The monoisotopic (exact) mass is 323 g/mol. The van der Waals surface area contributed by atoms with Crippen molar-refractivity contribution in [3.8, 4) is 6.07 Å². The summed E-state index contributed by atoms with van der Waals surface area (Å²) in [5.74, 6) is -0.410. The van der Waals surface area contributed by atoms with E-state index in [1.807, 2.05) is 18.9 Å². The lowest BCUT2D eigenvalue weighted by Crippen LogP contribution is -2.28. The fourth-order valence-corrected chi connectivity index (χ4v) is 2.67. The number of rotatable bonds is 3. The van der Waals surface area contributed by atoms with Crippen molar-refractivity contribution >= 4 is 33.2 Å². The predicted molar refractivity (Wildman–Crippen MR) is 75.8 cm³/mol. The van der Waals surface area contributed by atoms with Gasteiger partial charge in [0.05, 0.1) is 18.2 Å². The quantitative estimate of drug-likeness (QED) is 0.893. The van der Waals surface area contributed by atoms with E-state index in [2.05, 4.69) is 27.3 Å². The van der Waals surface area contributed by atoms with E-state index in [1.165, 1.54) is 0 Å².